The maximum atomic E-state index is 15.1. The number of anilines is 1. The number of pyridine rings is 2. The number of nitrogens with zero attached hydrogens (tertiary/aromatic N) is 3. The maximum absolute atomic E-state index is 15.1. The summed E-state index contributed by atoms with van der Waals surface area (Å²) in [6, 6.07) is 8.35. The van der Waals surface area contributed by atoms with Gasteiger partial charge in [-0.2, -0.15) is 0 Å². The normalized spacial score (nSPS) is 10.8. The van der Waals surface area contributed by atoms with E-state index in [0.717, 1.165) is 5.56 Å². The Balaban J connectivity index is 1.57. The lowest BCUT2D eigenvalue weighted by Crippen LogP contribution is -2.16. The number of ether oxygens (including phenoxy) is 2. The van der Waals surface area contributed by atoms with Crippen molar-refractivity contribution < 1.29 is 18.7 Å². The van der Waals surface area contributed by atoms with Crippen molar-refractivity contribution in [3.63, 3.8) is 0 Å². The van der Waals surface area contributed by atoms with E-state index in [1.807, 2.05) is 28.7 Å². The Labute approximate surface area is 184 Å². The molecule has 0 unspecified atom stereocenters. The van der Waals surface area contributed by atoms with Crippen LogP contribution in [0.3, 0.4) is 0 Å². The molecule has 0 bridgehead atoms. The predicted molar refractivity (Wildman–Crippen MR) is 116 cm³/mol. The van der Waals surface area contributed by atoms with Crippen LogP contribution in [0.1, 0.15) is 15.9 Å². The van der Waals surface area contributed by atoms with Crippen molar-refractivity contribution in [1.82, 2.24) is 20.2 Å². The zero-order chi connectivity index (χ0) is 21.1. The van der Waals surface area contributed by atoms with Crippen LogP contribution in [0.2, 0.25) is 0 Å². The molecule has 1 amide bonds. The summed E-state index contributed by atoms with van der Waals surface area (Å²) in [6.45, 7) is 0.132. The third kappa shape index (κ3) is 4.03. The molecule has 0 radical (unpaired) electrons. The first-order valence-corrected chi connectivity index (χ1v) is 9.84. The highest BCUT2D eigenvalue weighted by atomic mass is 127. The number of nitrogens with one attached hydrogen (secondary N) is 2. The summed E-state index contributed by atoms with van der Waals surface area (Å²) in [4.78, 5) is 21.0. The van der Waals surface area contributed by atoms with Crippen molar-refractivity contribution in [1.29, 1.82) is 0 Å². The number of aromatic amines is 1. The third-order valence-electron chi connectivity index (χ3n) is 4.23. The molecule has 4 aromatic rings. The van der Waals surface area contributed by atoms with Crippen molar-refractivity contribution >= 4 is 45.2 Å². The second-order valence-electron chi connectivity index (χ2n) is 6.19. The smallest absolute Gasteiger partial charge is 0.259 e. The Morgan fingerprint density at radius 2 is 2.17 bits per heavy atom. The summed E-state index contributed by atoms with van der Waals surface area (Å²) >= 11 is 1.91. The molecule has 8 nitrogen and oxygen atoms in total. The average Bonchev–Trinajstić information content (AvgIpc) is 3.16. The van der Waals surface area contributed by atoms with Gasteiger partial charge in [0.05, 0.1) is 29.9 Å². The van der Waals surface area contributed by atoms with Gasteiger partial charge >= 0.3 is 0 Å². The van der Waals surface area contributed by atoms with Crippen LogP contribution in [0, 0.1) is 9.39 Å². The second-order valence-corrected chi connectivity index (χ2v) is 7.35. The van der Waals surface area contributed by atoms with Crippen molar-refractivity contribution in [3.05, 3.63) is 69.4 Å². The largest absolute Gasteiger partial charge is 0.486 e. The lowest BCUT2D eigenvalue weighted by molar-refractivity contribution is 0.102. The SMILES string of the molecule is COc1n[nH]c2ncc(NC(=O)c3c(I)ccc(OCc4cccnc4)c3F)cc12. The minimum absolute atomic E-state index is 0.0190. The molecule has 0 aliphatic carbocycles. The fraction of sp³-hybridized carbons (Fsp3) is 0.100. The number of hydrogen-bond donors (Lipinski definition) is 2. The molecule has 0 saturated carbocycles. The highest BCUT2D eigenvalue weighted by molar-refractivity contribution is 14.1. The van der Waals surface area contributed by atoms with Gasteiger partial charge in [-0.15, -0.1) is 5.10 Å². The van der Waals surface area contributed by atoms with E-state index in [2.05, 4.69) is 25.5 Å². The summed E-state index contributed by atoms with van der Waals surface area (Å²) in [5, 5.41) is 9.96. The maximum Gasteiger partial charge on any atom is 0.259 e. The summed E-state index contributed by atoms with van der Waals surface area (Å²) in [5.74, 6) is -1.03. The molecule has 1 aromatic carbocycles. The van der Waals surface area contributed by atoms with Crippen LogP contribution in [-0.4, -0.2) is 33.2 Å². The van der Waals surface area contributed by atoms with Crippen LogP contribution >= 0.6 is 22.6 Å². The fourth-order valence-corrected chi connectivity index (χ4v) is 3.46. The van der Waals surface area contributed by atoms with E-state index in [1.165, 1.54) is 19.4 Å². The van der Waals surface area contributed by atoms with E-state index in [-0.39, 0.29) is 17.9 Å². The average molecular weight is 519 g/mol. The van der Waals surface area contributed by atoms with Crippen molar-refractivity contribution in [2.45, 2.75) is 6.61 Å². The summed E-state index contributed by atoms with van der Waals surface area (Å²) in [5.41, 5.74) is 1.56. The number of hydrogen-bond acceptors (Lipinski definition) is 6. The first-order valence-electron chi connectivity index (χ1n) is 8.76. The zero-order valence-corrected chi connectivity index (χ0v) is 17.8. The van der Waals surface area contributed by atoms with Gasteiger partial charge in [-0.25, -0.2) is 9.37 Å². The van der Waals surface area contributed by atoms with Crippen LogP contribution in [0.4, 0.5) is 10.1 Å². The minimum Gasteiger partial charge on any atom is -0.486 e. The van der Waals surface area contributed by atoms with E-state index < -0.39 is 11.7 Å². The zero-order valence-electron chi connectivity index (χ0n) is 15.6. The molecule has 2 N–H and O–H groups in total. The molecular weight excluding hydrogens is 504 g/mol. The van der Waals surface area contributed by atoms with Gasteiger partial charge < -0.3 is 14.8 Å². The highest BCUT2D eigenvalue weighted by Crippen LogP contribution is 2.28. The fourth-order valence-electron chi connectivity index (χ4n) is 2.80. The molecule has 3 aromatic heterocycles. The van der Waals surface area contributed by atoms with Crippen LogP contribution < -0.4 is 14.8 Å². The van der Waals surface area contributed by atoms with Crippen LogP contribution in [-0.2, 0) is 6.61 Å². The van der Waals surface area contributed by atoms with Crippen LogP contribution in [0.15, 0.2) is 48.9 Å². The molecule has 30 heavy (non-hydrogen) atoms. The lowest BCUT2D eigenvalue weighted by atomic mass is 10.1. The van der Waals surface area contributed by atoms with Crippen molar-refractivity contribution in [2.75, 3.05) is 12.4 Å². The Bertz CT molecular complexity index is 1220. The summed E-state index contributed by atoms with van der Waals surface area (Å²) in [6.07, 6.45) is 4.72. The first kappa shape index (κ1) is 20.0. The number of carbonyl (C=O) groups excluding carboxylic acids is 1. The van der Waals surface area contributed by atoms with Gasteiger partial charge in [-0.1, -0.05) is 6.07 Å². The van der Waals surface area contributed by atoms with E-state index in [9.17, 15) is 4.79 Å². The molecule has 0 aliphatic rings. The third-order valence-corrected chi connectivity index (χ3v) is 5.13. The summed E-state index contributed by atoms with van der Waals surface area (Å²) in [7, 11) is 1.48. The van der Waals surface area contributed by atoms with Crippen molar-refractivity contribution in [3.8, 4) is 11.6 Å². The molecule has 0 saturated heterocycles. The molecule has 4 rings (SSSR count). The Morgan fingerprint density at radius 1 is 1.30 bits per heavy atom. The lowest BCUT2D eigenvalue weighted by Gasteiger charge is -2.12. The van der Waals surface area contributed by atoms with Crippen molar-refractivity contribution in [2.24, 2.45) is 0 Å². The topological polar surface area (TPSA) is 102 Å². The van der Waals surface area contributed by atoms with Crippen LogP contribution in [0.5, 0.6) is 11.6 Å². The number of amides is 1. The molecule has 10 heteroatoms. The number of aromatic nitrogens is 4. The van der Waals surface area contributed by atoms with E-state index in [4.69, 9.17) is 9.47 Å². The molecule has 152 valence electrons. The number of benzene rings is 1. The molecule has 0 spiro atoms. The monoisotopic (exact) mass is 519 g/mol. The van der Waals surface area contributed by atoms with Gasteiger partial charge in [0, 0.05) is 21.5 Å². The first-order chi connectivity index (χ1) is 14.6. The van der Waals surface area contributed by atoms with Gasteiger partial charge in [0.2, 0.25) is 5.88 Å². The second kappa shape index (κ2) is 8.61. The molecule has 0 fully saturated rings. The number of methoxy groups -OCH3 is 1. The van der Waals surface area contributed by atoms with Gasteiger partial charge in [0.1, 0.15) is 6.61 Å². The molecule has 0 aliphatic heterocycles. The number of rotatable bonds is 6. The minimum atomic E-state index is -0.738. The molecule has 0 atom stereocenters. The standard InChI is InChI=1S/C20H15FIN5O3/c1-29-20-13-7-12(9-24-18(13)26-27-20)25-19(28)16-14(22)4-5-15(17(16)21)30-10-11-3-2-6-23-8-11/h2-9H,10H2,1H3,(H,25,28)(H,24,26,27). The predicted octanol–water partition coefficient (Wildman–Crippen LogP) is 3.94. The van der Waals surface area contributed by atoms with E-state index >= 15 is 4.39 Å². The Kier molecular flexibility index (Phi) is 5.74. The van der Waals surface area contributed by atoms with E-state index in [0.29, 0.717) is 26.2 Å². The van der Waals surface area contributed by atoms with Gasteiger partial charge in [0.15, 0.2) is 17.2 Å². The van der Waals surface area contributed by atoms with Gasteiger partial charge in [0.25, 0.3) is 5.91 Å². The van der Waals surface area contributed by atoms with Gasteiger partial charge in [-0.3, -0.25) is 14.9 Å². The number of halogens is 2. The van der Waals surface area contributed by atoms with Crippen LogP contribution in [0.25, 0.3) is 11.0 Å². The number of fused-ring (bicyclic) bond motifs is 1. The molecular formula is C20H15FIN5O3. The van der Waals surface area contributed by atoms with E-state index in [1.54, 1.807) is 30.6 Å². The Hall–Kier alpha value is -3.28. The quantitative estimate of drug-likeness (QED) is 0.375. The summed E-state index contributed by atoms with van der Waals surface area (Å²) < 4.78 is 26.2. The highest BCUT2D eigenvalue weighted by Gasteiger charge is 2.21. The number of carbonyl (C=O) groups is 1. The Morgan fingerprint density at radius 3 is 2.93 bits per heavy atom. The molecule has 3 heterocycles. The number of H-pyrrole nitrogens is 1. The van der Waals surface area contributed by atoms with Gasteiger partial charge in [-0.05, 0) is 46.9 Å².